The van der Waals surface area contributed by atoms with Gasteiger partial charge in [-0.05, 0) is 36.9 Å². The fourth-order valence-electron chi connectivity index (χ4n) is 3.30. The molecule has 4 heterocycles. The Morgan fingerprint density at radius 2 is 2.17 bits per heavy atom. The third-order valence-corrected chi connectivity index (χ3v) is 5.95. The molecule has 1 atom stereocenters. The highest BCUT2D eigenvalue weighted by Crippen LogP contribution is 2.17. The van der Waals surface area contributed by atoms with Crippen LogP contribution in [0.1, 0.15) is 22.9 Å². The molecule has 8 nitrogen and oxygen atoms in total. The van der Waals surface area contributed by atoms with Gasteiger partial charge in [-0.15, -0.1) is 45.5 Å². The molecule has 0 aliphatic carbocycles. The Morgan fingerprint density at radius 3 is 2.87 bits per heavy atom. The van der Waals surface area contributed by atoms with Crippen LogP contribution in [0.4, 0.5) is 5.82 Å². The molecule has 0 aromatic carbocycles. The van der Waals surface area contributed by atoms with Gasteiger partial charge in [0.1, 0.15) is 18.2 Å². The van der Waals surface area contributed by atoms with Crippen LogP contribution < -0.4 is 15.5 Å². The summed E-state index contributed by atoms with van der Waals surface area (Å²) in [7, 11) is 1.97. The molecule has 1 saturated heterocycles. The molecular formula is C20H27IN8S. The summed E-state index contributed by atoms with van der Waals surface area (Å²) in [6.45, 7) is 5.06. The molecule has 0 spiro atoms. The van der Waals surface area contributed by atoms with Gasteiger partial charge >= 0.3 is 0 Å². The molecule has 1 unspecified atom stereocenters. The second-order valence-corrected chi connectivity index (χ2v) is 8.12. The van der Waals surface area contributed by atoms with E-state index in [0.717, 1.165) is 49.5 Å². The van der Waals surface area contributed by atoms with E-state index in [1.54, 1.807) is 11.3 Å². The minimum atomic E-state index is 0. The number of anilines is 1. The number of nitrogens with zero attached hydrogens (tertiary/aromatic N) is 6. The van der Waals surface area contributed by atoms with Crippen molar-refractivity contribution in [3.8, 4) is 0 Å². The molecule has 2 N–H and O–H groups in total. The van der Waals surface area contributed by atoms with Crippen molar-refractivity contribution in [3.63, 3.8) is 0 Å². The van der Waals surface area contributed by atoms with E-state index in [4.69, 9.17) is 4.99 Å². The van der Waals surface area contributed by atoms with Gasteiger partial charge in [0.2, 0.25) is 0 Å². The fraction of sp³-hybridized carbons (Fsp3) is 0.400. The first-order valence-corrected chi connectivity index (χ1v) is 10.6. The molecule has 0 amide bonds. The van der Waals surface area contributed by atoms with E-state index in [2.05, 4.69) is 54.3 Å². The highest BCUT2D eigenvalue weighted by molar-refractivity contribution is 14.0. The van der Waals surface area contributed by atoms with Crippen LogP contribution in [-0.2, 0) is 20.1 Å². The maximum atomic E-state index is 4.77. The van der Waals surface area contributed by atoms with Crippen molar-refractivity contribution >= 4 is 47.1 Å². The number of hydrogen-bond acceptors (Lipinski definition) is 6. The van der Waals surface area contributed by atoms with Gasteiger partial charge in [0.25, 0.3) is 0 Å². The minimum Gasteiger partial charge on any atom is -0.354 e. The molecule has 160 valence electrons. The Bertz CT molecular complexity index is 941. The third-order valence-electron chi connectivity index (χ3n) is 5.07. The van der Waals surface area contributed by atoms with Gasteiger partial charge in [-0.2, -0.15) is 0 Å². The van der Waals surface area contributed by atoms with Crippen LogP contribution in [0, 0.1) is 6.92 Å². The molecule has 10 heteroatoms. The largest absolute Gasteiger partial charge is 0.354 e. The first-order chi connectivity index (χ1) is 14.2. The first kappa shape index (κ1) is 22.5. The van der Waals surface area contributed by atoms with Gasteiger partial charge in [0.15, 0.2) is 11.8 Å². The van der Waals surface area contributed by atoms with Crippen molar-refractivity contribution in [3.05, 3.63) is 58.4 Å². The van der Waals surface area contributed by atoms with Crippen LogP contribution in [0.5, 0.6) is 0 Å². The first-order valence-electron chi connectivity index (χ1n) is 9.77. The van der Waals surface area contributed by atoms with Crippen LogP contribution >= 0.6 is 35.3 Å². The lowest BCUT2D eigenvalue weighted by Crippen LogP contribution is -2.44. The van der Waals surface area contributed by atoms with Gasteiger partial charge in [-0.25, -0.2) is 9.98 Å². The molecule has 1 aliphatic rings. The maximum Gasteiger partial charge on any atom is 0.192 e. The van der Waals surface area contributed by atoms with Crippen LogP contribution in [0.3, 0.4) is 0 Å². The molecule has 30 heavy (non-hydrogen) atoms. The normalized spacial score (nSPS) is 16.4. The SMILES string of the molecule is Cc1nnc(CN=C(NCc2cccs2)NC2CCN(c3ccccn3)C2)n1C.I. The highest BCUT2D eigenvalue weighted by Gasteiger charge is 2.24. The zero-order chi connectivity index (χ0) is 20.1. The third kappa shape index (κ3) is 5.69. The average Bonchev–Trinajstić information content (AvgIpc) is 3.49. The Kier molecular flexibility index (Phi) is 8.02. The number of aryl methyl sites for hydroxylation is 1. The van der Waals surface area contributed by atoms with E-state index in [-0.39, 0.29) is 24.0 Å². The molecule has 3 aromatic rings. The summed E-state index contributed by atoms with van der Waals surface area (Å²) in [6, 6.07) is 10.5. The summed E-state index contributed by atoms with van der Waals surface area (Å²) in [5.74, 6) is 3.56. The van der Waals surface area contributed by atoms with Crippen molar-refractivity contribution in [2.45, 2.75) is 32.5 Å². The van der Waals surface area contributed by atoms with Crippen LogP contribution in [0.25, 0.3) is 0 Å². The van der Waals surface area contributed by atoms with Crippen LogP contribution in [-0.4, -0.2) is 44.8 Å². The quantitative estimate of drug-likeness (QED) is 0.286. The fourth-order valence-corrected chi connectivity index (χ4v) is 3.94. The van der Waals surface area contributed by atoms with E-state index in [1.165, 1.54) is 4.88 Å². The number of nitrogens with one attached hydrogen (secondary N) is 2. The zero-order valence-electron chi connectivity index (χ0n) is 17.2. The van der Waals surface area contributed by atoms with E-state index in [1.807, 2.05) is 36.9 Å². The number of hydrogen-bond donors (Lipinski definition) is 2. The van der Waals surface area contributed by atoms with Crippen LogP contribution in [0.15, 0.2) is 46.9 Å². The summed E-state index contributed by atoms with van der Waals surface area (Å²) < 4.78 is 1.97. The molecule has 3 aromatic heterocycles. The second kappa shape index (κ2) is 10.7. The van der Waals surface area contributed by atoms with E-state index >= 15 is 0 Å². The van der Waals surface area contributed by atoms with Gasteiger partial charge in [0.05, 0.1) is 6.54 Å². The van der Waals surface area contributed by atoms with Crippen molar-refractivity contribution < 1.29 is 0 Å². The second-order valence-electron chi connectivity index (χ2n) is 7.08. The van der Waals surface area contributed by atoms with Crippen LogP contribution in [0.2, 0.25) is 0 Å². The number of thiophene rings is 1. The van der Waals surface area contributed by atoms with Crippen molar-refractivity contribution in [1.29, 1.82) is 0 Å². The lowest BCUT2D eigenvalue weighted by atomic mass is 10.3. The van der Waals surface area contributed by atoms with Gasteiger partial charge in [0, 0.05) is 37.3 Å². The number of aromatic nitrogens is 4. The average molecular weight is 538 g/mol. The smallest absolute Gasteiger partial charge is 0.192 e. The molecule has 0 radical (unpaired) electrons. The molecule has 0 saturated carbocycles. The molecule has 1 fully saturated rings. The van der Waals surface area contributed by atoms with Crippen molar-refractivity contribution in [2.75, 3.05) is 18.0 Å². The van der Waals surface area contributed by atoms with Gasteiger partial charge < -0.3 is 20.1 Å². The van der Waals surface area contributed by atoms with E-state index in [9.17, 15) is 0 Å². The molecule has 0 bridgehead atoms. The Labute approximate surface area is 197 Å². The topological polar surface area (TPSA) is 83.3 Å². The number of halogens is 1. The minimum absolute atomic E-state index is 0. The Balaban J connectivity index is 0.00000256. The van der Waals surface area contributed by atoms with Crippen molar-refractivity contribution in [2.24, 2.45) is 12.0 Å². The summed E-state index contributed by atoms with van der Waals surface area (Å²) >= 11 is 1.74. The Hall–Kier alpha value is -2.21. The zero-order valence-corrected chi connectivity index (χ0v) is 20.3. The molecular weight excluding hydrogens is 511 g/mol. The van der Waals surface area contributed by atoms with E-state index < -0.39 is 0 Å². The monoisotopic (exact) mass is 538 g/mol. The summed E-state index contributed by atoms with van der Waals surface area (Å²) in [5, 5.41) is 17.5. The lowest BCUT2D eigenvalue weighted by molar-refractivity contribution is 0.643. The lowest BCUT2D eigenvalue weighted by Gasteiger charge is -2.19. The number of guanidine groups is 1. The number of rotatable bonds is 6. The highest BCUT2D eigenvalue weighted by atomic mass is 127. The Morgan fingerprint density at radius 1 is 1.27 bits per heavy atom. The van der Waals surface area contributed by atoms with E-state index in [0.29, 0.717) is 12.6 Å². The van der Waals surface area contributed by atoms with Crippen molar-refractivity contribution in [1.82, 2.24) is 30.4 Å². The summed E-state index contributed by atoms with van der Waals surface area (Å²) in [4.78, 5) is 12.8. The van der Waals surface area contributed by atoms with Gasteiger partial charge in [-0.3, -0.25) is 0 Å². The van der Waals surface area contributed by atoms with Gasteiger partial charge in [-0.1, -0.05) is 12.1 Å². The predicted octanol–water partition coefficient (Wildman–Crippen LogP) is 2.71. The summed E-state index contributed by atoms with van der Waals surface area (Å²) in [5.41, 5.74) is 0. The molecule has 4 rings (SSSR count). The number of aliphatic imine (C=N–C) groups is 1. The summed E-state index contributed by atoms with van der Waals surface area (Å²) in [6.07, 6.45) is 2.88. The molecule has 1 aliphatic heterocycles. The number of pyridine rings is 1. The predicted molar refractivity (Wildman–Crippen MR) is 131 cm³/mol. The maximum absolute atomic E-state index is 4.77. The standard InChI is InChI=1S/C20H26N8S.HI/c1-15-25-26-19(27(15)2)13-23-20(22-12-17-6-5-11-29-17)24-16-8-10-28(14-16)18-7-3-4-9-21-18;/h3-7,9,11,16H,8,10,12-14H2,1-2H3,(H2,22,23,24);1H.